The van der Waals surface area contributed by atoms with Crippen molar-refractivity contribution in [2.24, 2.45) is 0 Å². The summed E-state index contributed by atoms with van der Waals surface area (Å²) in [6, 6.07) is 13.3. The normalized spacial score (nSPS) is 11.1. The van der Waals surface area contributed by atoms with Gasteiger partial charge >= 0.3 is 0 Å². The van der Waals surface area contributed by atoms with Gasteiger partial charge in [-0.05, 0) is 36.4 Å². The molecular weight excluding hydrogens is 342 g/mol. The molecule has 2 aromatic carbocycles. The summed E-state index contributed by atoms with van der Waals surface area (Å²) in [5.41, 5.74) is 1.45. The number of alkyl halides is 2. The van der Waals surface area contributed by atoms with Crippen LogP contribution in [-0.4, -0.2) is 16.6 Å². The van der Waals surface area contributed by atoms with Crippen LogP contribution in [0.2, 0.25) is 5.02 Å². The number of amides is 1. The Kier molecular flexibility index (Phi) is 4.54. The second-order valence-electron chi connectivity index (χ2n) is 4.74. The first-order valence-corrected chi connectivity index (χ1v) is 7.92. The minimum absolute atomic E-state index is 0.315. The van der Waals surface area contributed by atoms with Crippen LogP contribution in [0.15, 0.2) is 53.4 Å². The number of para-hydroxylation sites is 1. The molecule has 0 aliphatic heterocycles. The molecule has 23 heavy (non-hydrogen) atoms. The van der Waals surface area contributed by atoms with Gasteiger partial charge in [-0.15, -0.1) is 0 Å². The molecule has 1 heterocycles. The molecule has 0 saturated carbocycles. The Morgan fingerprint density at radius 3 is 2.74 bits per heavy atom. The number of fused-ring (bicyclic) bond motifs is 1. The Morgan fingerprint density at radius 2 is 1.96 bits per heavy atom. The van der Waals surface area contributed by atoms with Gasteiger partial charge in [-0.3, -0.25) is 4.79 Å². The largest absolute Gasteiger partial charge is 0.351 e. The molecule has 0 spiro atoms. The Hall–Kier alpha value is -2.05. The summed E-state index contributed by atoms with van der Waals surface area (Å²) in [5, 5.41) is 4.03. The highest BCUT2D eigenvalue weighted by molar-refractivity contribution is 7.99. The van der Waals surface area contributed by atoms with E-state index in [2.05, 4.69) is 10.3 Å². The minimum Gasteiger partial charge on any atom is -0.351 e. The summed E-state index contributed by atoms with van der Waals surface area (Å²) >= 11 is 6.31. The number of rotatable bonds is 4. The van der Waals surface area contributed by atoms with Gasteiger partial charge in [0.25, 0.3) is 11.7 Å². The first-order valence-electron chi connectivity index (χ1n) is 6.66. The van der Waals surface area contributed by atoms with Gasteiger partial charge < -0.3 is 10.3 Å². The lowest BCUT2D eigenvalue weighted by Crippen LogP contribution is -2.12. The number of benzene rings is 2. The van der Waals surface area contributed by atoms with Gasteiger partial charge in [-0.1, -0.05) is 35.5 Å². The van der Waals surface area contributed by atoms with E-state index in [1.165, 1.54) is 6.07 Å². The van der Waals surface area contributed by atoms with Crippen molar-refractivity contribution in [3.05, 3.63) is 59.2 Å². The van der Waals surface area contributed by atoms with Gasteiger partial charge in [0.1, 0.15) is 5.69 Å². The Bertz CT molecular complexity index is 866. The zero-order chi connectivity index (χ0) is 16.4. The van der Waals surface area contributed by atoms with Crippen LogP contribution in [0.4, 0.5) is 14.5 Å². The monoisotopic (exact) mass is 352 g/mol. The molecule has 0 aliphatic rings. The second-order valence-corrected chi connectivity index (χ2v) is 6.21. The summed E-state index contributed by atoms with van der Waals surface area (Å²) in [7, 11) is 0. The predicted molar refractivity (Wildman–Crippen MR) is 89.6 cm³/mol. The third kappa shape index (κ3) is 3.65. The molecule has 0 fully saturated rings. The van der Waals surface area contributed by atoms with Crippen LogP contribution < -0.4 is 5.32 Å². The zero-order valence-electron chi connectivity index (χ0n) is 11.6. The minimum atomic E-state index is -2.55. The van der Waals surface area contributed by atoms with Crippen LogP contribution in [0, 0.1) is 0 Å². The lowest BCUT2D eigenvalue weighted by molar-refractivity contribution is 0.102. The van der Waals surface area contributed by atoms with Gasteiger partial charge in [0.15, 0.2) is 0 Å². The maximum atomic E-state index is 12.6. The average Bonchev–Trinajstić information content (AvgIpc) is 2.92. The Balaban J connectivity index is 1.86. The Morgan fingerprint density at radius 1 is 1.17 bits per heavy atom. The standard InChI is InChI=1S/C16H11ClF2N2OS/c17-10-5-6-11-9(7-10)8-13(20-11)15(22)21-12-3-1-2-4-14(12)23-16(18)19/h1-8,16,20H,(H,21,22). The maximum absolute atomic E-state index is 12.6. The predicted octanol–water partition coefficient (Wildman–Crippen LogP) is 5.39. The zero-order valence-corrected chi connectivity index (χ0v) is 13.2. The Labute approximate surface area is 140 Å². The van der Waals surface area contributed by atoms with Crippen molar-refractivity contribution in [3.63, 3.8) is 0 Å². The quantitative estimate of drug-likeness (QED) is 0.618. The molecule has 0 aliphatic carbocycles. The van der Waals surface area contributed by atoms with E-state index in [0.29, 0.717) is 33.1 Å². The number of aromatic amines is 1. The molecule has 0 atom stereocenters. The van der Waals surface area contributed by atoms with E-state index in [4.69, 9.17) is 11.6 Å². The van der Waals surface area contributed by atoms with E-state index < -0.39 is 11.7 Å². The molecule has 7 heteroatoms. The smallest absolute Gasteiger partial charge is 0.288 e. The SMILES string of the molecule is O=C(Nc1ccccc1SC(F)F)c1cc2cc(Cl)ccc2[nH]1. The topological polar surface area (TPSA) is 44.9 Å². The lowest BCUT2D eigenvalue weighted by Gasteiger charge is -2.09. The van der Waals surface area contributed by atoms with E-state index in [1.807, 2.05) is 0 Å². The van der Waals surface area contributed by atoms with Gasteiger partial charge in [0, 0.05) is 20.8 Å². The van der Waals surface area contributed by atoms with Crippen LogP contribution in [0.25, 0.3) is 10.9 Å². The highest BCUT2D eigenvalue weighted by atomic mass is 35.5. The number of aromatic nitrogens is 1. The van der Waals surface area contributed by atoms with Crippen molar-refractivity contribution in [3.8, 4) is 0 Å². The molecule has 3 rings (SSSR count). The maximum Gasteiger partial charge on any atom is 0.288 e. The summed E-state index contributed by atoms with van der Waals surface area (Å²) in [5.74, 6) is -2.96. The lowest BCUT2D eigenvalue weighted by atomic mass is 10.2. The first kappa shape index (κ1) is 15.8. The first-order chi connectivity index (χ1) is 11.0. The van der Waals surface area contributed by atoms with Crippen molar-refractivity contribution in [1.29, 1.82) is 0 Å². The molecule has 0 bridgehead atoms. The van der Waals surface area contributed by atoms with Crippen molar-refractivity contribution >= 4 is 45.9 Å². The fourth-order valence-corrected chi connectivity index (χ4v) is 2.96. The number of carbonyl (C=O) groups is 1. The second kappa shape index (κ2) is 6.60. The molecule has 3 nitrogen and oxygen atoms in total. The van der Waals surface area contributed by atoms with Gasteiger partial charge in [0.2, 0.25) is 0 Å². The average molecular weight is 353 g/mol. The molecule has 1 amide bonds. The summed E-state index contributed by atoms with van der Waals surface area (Å²) in [6.07, 6.45) is 0. The van der Waals surface area contributed by atoms with Gasteiger partial charge in [-0.2, -0.15) is 8.78 Å². The fourth-order valence-electron chi connectivity index (χ4n) is 2.18. The van der Waals surface area contributed by atoms with E-state index in [-0.39, 0.29) is 0 Å². The van der Waals surface area contributed by atoms with Crippen LogP contribution in [0.3, 0.4) is 0 Å². The van der Waals surface area contributed by atoms with Crippen LogP contribution in [0.1, 0.15) is 10.5 Å². The number of nitrogens with one attached hydrogen (secondary N) is 2. The third-order valence-electron chi connectivity index (χ3n) is 3.18. The highest BCUT2D eigenvalue weighted by Gasteiger charge is 2.14. The van der Waals surface area contributed by atoms with E-state index in [9.17, 15) is 13.6 Å². The van der Waals surface area contributed by atoms with E-state index in [0.717, 1.165) is 10.9 Å². The van der Waals surface area contributed by atoms with Crippen LogP contribution in [-0.2, 0) is 0 Å². The number of thioether (sulfide) groups is 1. The van der Waals surface area contributed by atoms with E-state index >= 15 is 0 Å². The molecule has 2 N–H and O–H groups in total. The van der Waals surface area contributed by atoms with Crippen LogP contribution in [0.5, 0.6) is 0 Å². The molecule has 1 aromatic heterocycles. The number of H-pyrrole nitrogens is 1. The number of hydrogen-bond donors (Lipinski definition) is 2. The van der Waals surface area contributed by atoms with E-state index in [1.54, 1.807) is 42.5 Å². The number of anilines is 1. The van der Waals surface area contributed by atoms with Crippen LogP contribution >= 0.6 is 23.4 Å². The molecule has 0 saturated heterocycles. The fraction of sp³-hybridized carbons (Fsp3) is 0.0625. The van der Waals surface area contributed by atoms with Gasteiger partial charge in [-0.25, -0.2) is 0 Å². The molecule has 3 aromatic rings. The number of carbonyl (C=O) groups excluding carboxylic acids is 1. The van der Waals surface area contributed by atoms with Crippen molar-refractivity contribution < 1.29 is 13.6 Å². The van der Waals surface area contributed by atoms with Crippen molar-refractivity contribution in [2.45, 2.75) is 10.7 Å². The van der Waals surface area contributed by atoms with Crippen molar-refractivity contribution in [2.75, 3.05) is 5.32 Å². The summed E-state index contributed by atoms with van der Waals surface area (Å²) < 4.78 is 25.1. The summed E-state index contributed by atoms with van der Waals surface area (Å²) in [4.78, 5) is 15.6. The third-order valence-corrected chi connectivity index (χ3v) is 4.20. The highest BCUT2D eigenvalue weighted by Crippen LogP contribution is 2.32. The molecule has 0 radical (unpaired) electrons. The molecule has 0 unspecified atom stereocenters. The van der Waals surface area contributed by atoms with Crippen molar-refractivity contribution in [1.82, 2.24) is 4.98 Å². The number of hydrogen-bond acceptors (Lipinski definition) is 2. The molecule has 118 valence electrons. The molecular formula is C16H11ClF2N2OS. The summed E-state index contributed by atoms with van der Waals surface area (Å²) in [6.45, 7) is 0. The van der Waals surface area contributed by atoms with Gasteiger partial charge in [0.05, 0.1) is 5.69 Å². The number of halogens is 3.